The first kappa shape index (κ1) is 18.7. The molecule has 3 N–H and O–H groups in total. The van der Waals surface area contributed by atoms with Crippen LogP contribution in [0.3, 0.4) is 0 Å². The summed E-state index contributed by atoms with van der Waals surface area (Å²) in [5.74, 6) is -3.80. The molecular formula is C18H14F2N2O4S. The summed E-state index contributed by atoms with van der Waals surface area (Å²) in [6, 6.07) is 8.95. The highest BCUT2D eigenvalue weighted by molar-refractivity contribution is 7.10. The highest BCUT2D eigenvalue weighted by Gasteiger charge is 2.36. The van der Waals surface area contributed by atoms with E-state index in [2.05, 4.69) is 5.32 Å². The molecule has 0 spiro atoms. The van der Waals surface area contributed by atoms with Crippen LogP contribution >= 0.6 is 11.3 Å². The van der Waals surface area contributed by atoms with Gasteiger partial charge in [0.15, 0.2) is 5.60 Å². The molecule has 140 valence electrons. The van der Waals surface area contributed by atoms with Gasteiger partial charge in [-0.2, -0.15) is 0 Å². The number of halogens is 2. The topological polar surface area (TPSA) is 91.6 Å². The number of benzene rings is 1. The molecule has 9 heteroatoms. The zero-order chi connectivity index (χ0) is 19.4. The van der Waals surface area contributed by atoms with Gasteiger partial charge in [0.05, 0.1) is 18.5 Å². The summed E-state index contributed by atoms with van der Waals surface area (Å²) in [5.41, 5.74) is -2.15. The molecule has 27 heavy (non-hydrogen) atoms. The number of carbonyl (C=O) groups excluding carboxylic acids is 2. The molecule has 0 radical (unpaired) electrons. The van der Waals surface area contributed by atoms with Crippen molar-refractivity contribution in [3.05, 3.63) is 76.4 Å². The number of anilines is 1. The molecule has 6 nitrogen and oxygen atoms in total. The summed E-state index contributed by atoms with van der Waals surface area (Å²) in [6.45, 7) is -0.362. The van der Waals surface area contributed by atoms with Crippen molar-refractivity contribution >= 4 is 28.8 Å². The molecule has 2 aromatic heterocycles. The lowest BCUT2D eigenvalue weighted by atomic mass is 9.98. The molecular weight excluding hydrogens is 378 g/mol. The molecule has 3 rings (SSSR count). The Bertz CT molecular complexity index is 908. The standard InChI is InChI=1S/C18H14F2N2O4S/c19-11-5-6-12(20)13(9-11)22-17(24)16(23)21-10-18(25,14-3-1-7-26-14)15-4-2-8-27-15/h1-9,25H,10H2,(H,21,23)(H,22,24). The fourth-order valence-electron chi connectivity index (χ4n) is 2.38. The summed E-state index contributed by atoms with van der Waals surface area (Å²) in [5, 5.41) is 17.0. The number of rotatable bonds is 5. The third kappa shape index (κ3) is 4.04. The predicted molar refractivity (Wildman–Crippen MR) is 94.0 cm³/mol. The zero-order valence-electron chi connectivity index (χ0n) is 13.7. The Hall–Kier alpha value is -3.04. The average Bonchev–Trinajstić information content (AvgIpc) is 3.36. The summed E-state index contributed by atoms with van der Waals surface area (Å²) in [7, 11) is 0. The van der Waals surface area contributed by atoms with Gasteiger partial charge in [0.2, 0.25) is 0 Å². The summed E-state index contributed by atoms with van der Waals surface area (Å²) in [4.78, 5) is 24.5. The van der Waals surface area contributed by atoms with Gasteiger partial charge in [0, 0.05) is 10.9 Å². The third-order valence-corrected chi connectivity index (χ3v) is 4.77. The number of aliphatic hydroxyl groups is 1. The summed E-state index contributed by atoms with van der Waals surface area (Å²) in [6.07, 6.45) is 1.37. The second-order valence-electron chi connectivity index (χ2n) is 5.58. The Kier molecular flexibility index (Phi) is 5.33. The monoisotopic (exact) mass is 392 g/mol. The predicted octanol–water partition coefficient (Wildman–Crippen LogP) is 2.61. The van der Waals surface area contributed by atoms with Crippen molar-refractivity contribution in [1.29, 1.82) is 0 Å². The quantitative estimate of drug-likeness (QED) is 0.582. The van der Waals surface area contributed by atoms with Gasteiger partial charge in [0.25, 0.3) is 0 Å². The van der Waals surface area contributed by atoms with Crippen molar-refractivity contribution in [1.82, 2.24) is 5.32 Å². The first-order chi connectivity index (χ1) is 12.9. The maximum Gasteiger partial charge on any atom is 0.313 e. The van der Waals surface area contributed by atoms with Gasteiger partial charge in [-0.15, -0.1) is 11.3 Å². The lowest BCUT2D eigenvalue weighted by Crippen LogP contribution is -2.44. The van der Waals surface area contributed by atoms with E-state index >= 15 is 0 Å². The fraction of sp³-hybridized carbons (Fsp3) is 0.111. The number of amides is 2. The van der Waals surface area contributed by atoms with Crippen LogP contribution in [0.15, 0.2) is 58.5 Å². The Morgan fingerprint density at radius 2 is 1.96 bits per heavy atom. The number of nitrogens with one attached hydrogen (secondary N) is 2. The van der Waals surface area contributed by atoms with Crippen LogP contribution in [-0.4, -0.2) is 23.5 Å². The van der Waals surface area contributed by atoms with Crippen LogP contribution < -0.4 is 10.6 Å². The molecule has 1 unspecified atom stereocenters. The number of furan rings is 1. The molecule has 0 saturated heterocycles. The van der Waals surface area contributed by atoms with E-state index in [1.807, 2.05) is 5.32 Å². The minimum absolute atomic E-state index is 0.182. The van der Waals surface area contributed by atoms with Crippen LogP contribution in [0.4, 0.5) is 14.5 Å². The van der Waals surface area contributed by atoms with E-state index in [9.17, 15) is 23.5 Å². The van der Waals surface area contributed by atoms with Crippen LogP contribution in [0.5, 0.6) is 0 Å². The molecule has 0 aliphatic carbocycles. The Labute approximate surface area is 156 Å². The van der Waals surface area contributed by atoms with Gasteiger partial charge >= 0.3 is 11.8 Å². The molecule has 2 heterocycles. The summed E-state index contributed by atoms with van der Waals surface area (Å²) < 4.78 is 32.0. The van der Waals surface area contributed by atoms with Crippen LogP contribution in [0, 0.1) is 11.6 Å². The molecule has 0 bridgehead atoms. The molecule has 0 aliphatic rings. The Balaban J connectivity index is 1.71. The van der Waals surface area contributed by atoms with E-state index in [1.54, 1.807) is 23.6 Å². The maximum absolute atomic E-state index is 13.6. The molecule has 0 saturated carbocycles. The van der Waals surface area contributed by atoms with E-state index in [1.165, 1.54) is 23.7 Å². The van der Waals surface area contributed by atoms with Crippen molar-refractivity contribution in [2.24, 2.45) is 0 Å². The highest BCUT2D eigenvalue weighted by Crippen LogP contribution is 2.32. The van der Waals surface area contributed by atoms with Crippen LogP contribution in [0.25, 0.3) is 0 Å². The van der Waals surface area contributed by atoms with Crippen LogP contribution in [0.2, 0.25) is 0 Å². The smallest absolute Gasteiger partial charge is 0.313 e. The van der Waals surface area contributed by atoms with Crippen molar-refractivity contribution in [3.63, 3.8) is 0 Å². The third-order valence-electron chi connectivity index (χ3n) is 3.75. The molecule has 2 amide bonds. The number of hydrogen-bond donors (Lipinski definition) is 3. The van der Waals surface area contributed by atoms with Crippen molar-refractivity contribution in [2.45, 2.75) is 5.60 Å². The van der Waals surface area contributed by atoms with Gasteiger partial charge in [-0.05, 0) is 35.7 Å². The second-order valence-corrected chi connectivity index (χ2v) is 6.52. The molecule has 1 aromatic carbocycles. The second kappa shape index (κ2) is 7.68. The number of hydrogen-bond acceptors (Lipinski definition) is 5. The lowest BCUT2D eigenvalue weighted by Gasteiger charge is -2.25. The normalized spacial score (nSPS) is 13.0. The van der Waals surface area contributed by atoms with Gasteiger partial charge in [-0.25, -0.2) is 8.78 Å². The van der Waals surface area contributed by atoms with Gasteiger partial charge in [-0.3, -0.25) is 9.59 Å². The SMILES string of the molecule is O=C(NCC(O)(c1ccco1)c1cccs1)C(=O)Nc1cc(F)ccc1F. The van der Waals surface area contributed by atoms with Crippen molar-refractivity contribution < 1.29 is 27.9 Å². The number of thiophene rings is 1. The number of carbonyl (C=O) groups is 2. The lowest BCUT2D eigenvalue weighted by molar-refractivity contribution is -0.136. The zero-order valence-corrected chi connectivity index (χ0v) is 14.6. The first-order valence-electron chi connectivity index (χ1n) is 7.75. The van der Waals surface area contributed by atoms with Gasteiger partial charge in [-0.1, -0.05) is 6.07 Å². The largest absolute Gasteiger partial charge is 0.466 e. The van der Waals surface area contributed by atoms with Gasteiger partial charge < -0.3 is 20.2 Å². The highest BCUT2D eigenvalue weighted by atomic mass is 32.1. The minimum atomic E-state index is -1.68. The minimum Gasteiger partial charge on any atom is -0.466 e. The maximum atomic E-state index is 13.6. The van der Waals surface area contributed by atoms with E-state index in [0.29, 0.717) is 4.88 Å². The van der Waals surface area contributed by atoms with E-state index in [-0.39, 0.29) is 12.3 Å². The molecule has 1 atom stereocenters. The Morgan fingerprint density at radius 3 is 2.63 bits per heavy atom. The molecule has 0 aliphatic heterocycles. The van der Waals surface area contributed by atoms with Crippen molar-refractivity contribution in [2.75, 3.05) is 11.9 Å². The molecule has 3 aromatic rings. The molecule has 0 fully saturated rings. The van der Waals surface area contributed by atoms with Crippen LogP contribution in [-0.2, 0) is 15.2 Å². The first-order valence-corrected chi connectivity index (χ1v) is 8.62. The summed E-state index contributed by atoms with van der Waals surface area (Å²) >= 11 is 1.24. The fourth-order valence-corrected chi connectivity index (χ4v) is 3.21. The van der Waals surface area contributed by atoms with Crippen LogP contribution in [0.1, 0.15) is 10.6 Å². The Morgan fingerprint density at radius 1 is 1.15 bits per heavy atom. The van der Waals surface area contributed by atoms with Crippen molar-refractivity contribution in [3.8, 4) is 0 Å². The average molecular weight is 392 g/mol. The van der Waals surface area contributed by atoms with E-state index in [4.69, 9.17) is 4.42 Å². The van der Waals surface area contributed by atoms with Gasteiger partial charge in [0.1, 0.15) is 17.4 Å². The van der Waals surface area contributed by atoms with E-state index in [0.717, 1.165) is 18.2 Å². The van der Waals surface area contributed by atoms with E-state index < -0.39 is 34.7 Å².